The number of carbonyl (C=O) groups is 1. The Balaban J connectivity index is 1.83. The summed E-state index contributed by atoms with van der Waals surface area (Å²) in [4.78, 5) is 13.9. The lowest BCUT2D eigenvalue weighted by Gasteiger charge is -2.21. The van der Waals surface area contributed by atoms with Crippen LogP contribution in [-0.2, 0) is 6.42 Å². The summed E-state index contributed by atoms with van der Waals surface area (Å²) in [5.74, 6) is 0.498. The molecule has 1 aliphatic rings. The number of carbonyl (C=O) groups excluding carboxylic acids is 1. The summed E-state index contributed by atoms with van der Waals surface area (Å²) in [5, 5.41) is 6.71. The van der Waals surface area contributed by atoms with E-state index in [2.05, 4.69) is 22.6 Å². The number of rotatable bonds is 2. The summed E-state index contributed by atoms with van der Waals surface area (Å²) < 4.78 is 1.95. The summed E-state index contributed by atoms with van der Waals surface area (Å²) in [7, 11) is 0. The van der Waals surface area contributed by atoms with Gasteiger partial charge in [0.1, 0.15) is 0 Å². The molecule has 4 rings (SSSR count). The third-order valence-corrected chi connectivity index (χ3v) is 5.29. The zero-order valence-corrected chi connectivity index (χ0v) is 13.1. The van der Waals surface area contributed by atoms with Crippen LogP contribution >= 0.6 is 11.3 Å². The van der Waals surface area contributed by atoms with E-state index in [9.17, 15) is 4.79 Å². The lowest BCUT2D eigenvalue weighted by Crippen LogP contribution is -2.20. The predicted molar refractivity (Wildman–Crippen MR) is 88.0 cm³/mol. The fourth-order valence-electron chi connectivity index (χ4n) is 3.27. The molecule has 22 heavy (non-hydrogen) atoms. The number of fused-ring (bicyclic) bond motifs is 1. The molecule has 2 heterocycles. The van der Waals surface area contributed by atoms with Gasteiger partial charge in [-0.2, -0.15) is 5.10 Å². The molecular formula is C18H16N2OS. The second-order valence-corrected chi connectivity index (χ2v) is 6.68. The van der Waals surface area contributed by atoms with Gasteiger partial charge in [-0.05, 0) is 36.9 Å². The Labute approximate surface area is 133 Å². The van der Waals surface area contributed by atoms with Crippen LogP contribution in [0.4, 0.5) is 0 Å². The summed E-state index contributed by atoms with van der Waals surface area (Å²) in [6.45, 7) is 1.93. The highest BCUT2D eigenvalue weighted by molar-refractivity contribution is 7.10. The molecule has 3 nitrogen and oxygen atoms in total. The molecule has 0 spiro atoms. The van der Waals surface area contributed by atoms with Gasteiger partial charge in [-0.1, -0.05) is 24.3 Å². The maximum Gasteiger partial charge on any atom is 0.167 e. The van der Waals surface area contributed by atoms with Crippen molar-refractivity contribution in [3.63, 3.8) is 0 Å². The van der Waals surface area contributed by atoms with Crippen molar-refractivity contribution >= 4 is 17.1 Å². The Morgan fingerprint density at radius 1 is 1.14 bits per heavy atom. The van der Waals surface area contributed by atoms with Gasteiger partial charge in [-0.25, -0.2) is 4.68 Å². The highest BCUT2D eigenvalue weighted by Gasteiger charge is 2.32. The topological polar surface area (TPSA) is 34.9 Å². The normalized spacial score (nSPS) is 17.5. The highest BCUT2D eigenvalue weighted by Crippen LogP contribution is 2.36. The van der Waals surface area contributed by atoms with Crippen molar-refractivity contribution in [2.24, 2.45) is 0 Å². The number of aryl methyl sites for hydroxylation is 1. The predicted octanol–water partition coefficient (Wildman–Crippen LogP) is 4.15. The Morgan fingerprint density at radius 3 is 2.68 bits per heavy atom. The number of para-hydroxylation sites is 1. The summed E-state index contributed by atoms with van der Waals surface area (Å²) >= 11 is 1.73. The average molecular weight is 308 g/mol. The lowest BCUT2D eigenvalue weighted by atomic mass is 9.85. The van der Waals surface area contributed by atoms with Crippen LogP contribution in [-0.4, -0.2) is 15.6 Å². The number of hydrogen-bond donors (Lipinski definition) is 0. The number of benzene rings is 1. The van der Waals surface area contributed by atoms with Gasteiger partial charge in [0, 0.05) is 17.2 Å². The summed E-state index contributed by atoms with van der Waals surface area (Å²) in [5.41, 5.74) is 3.75. The highest BCUT2D eigenvalue weighted by atomic mass is 32.1. The first-order valence-corrected chi connectivity index (χ1v) is 8.32. The molecule has 2 aromatic heterocycles. The van der Waals surface area contributed by atoms with E-state index >= 15 is 0 Å². The minimum Gasteiger partial charge on any atom is -0.294 e. The molecule has 1 unspecified atom stereocenters. The Bertz CT molecular complexity index is 818. The first kappa shape index (κ1) is 13.5. The summed E-state index contributed by atoms with van der Waals surface area (Å²) in [6.07, 6.45) is 1.46. The van der Waals surface area contributed by atoms with Crippen LogP contribution in [0.25, 0.3) is 5.69 Å². The number of nitrogens with zero attached hydrogens (tertiary/aromatic N) is 2. The van der Waals surface area contributed by atoms with E-state index < -0.39 is 0 Å². The number of thiophene rings is 1. The van der Waals surface area contributed by atoms with E-state index in [1.165, 1.54) is 4.88 Å². The van der Waals surface area contributed by atoms with Gasteiger partial charge < -0.3 is 0 Å². The summed E-state index contributed by atoms with van der Waals surface area (Å²) in [6, 6.07) is 14.2. The van der Waals surface area contributed by atoms with Crippen LogP contribution < -0.4 is 0 Å². The van der Waals surface area contributed by atoms with Gasteiger partial charge in [-0.3, -0.25) is 4.79 Å². The molecule has 0 saturated heterocycles. The molecule has 110 valence electrons. The maximum atomic E-state index is 12.6. The lowest BCUT2D eigenvalue weighted by molar-refractivity contribution is 0.0963. The third-order valence-electron chi connectivity index (χ3n) is 4.25. The van der Waals surface area contributed by atoms with Gasteiger partial charge in [0.15, 0.2) is 5.78 Å². The zero-order chi connectivity index (χ0) is 15.1. The van der Waals surface area contributed by atoms with E-state index in [0.717, 1.165) is 29.1 Å². The second kappa shape index (κ2) is 5.21. The second-order valence-electron chi connectivity index (χ2n) is 5.70. The molecule has 0 aliphatic heterocycles. The maximum absolute atomic E-state index is 12.6. The SMILES string of the molecule is Cc1nn(-c2ccccc2)c2c1C(=O)CC(c1cccs1)C2. The van der Waals surface area contributed by atoms with Crippen LogP contribution in [0.2, 0.25) is 0 Å². The molecule has 0 bridgehead atoms. The third kappa shape index (κ3) is 2.11. The Hall–Kier alpha value is -2.20. The molecule has 3 aromatic rings. The minimum atomic E-state index is 0.222. The molecular weight excluding hydrogens is 292 g/mol. The Morgan fingerprint density at radius 2 is 1.95 bits per heavy atom. The molecule has 1 atom stereocenters. The first-order chi connectivity index (χ1) is 10.7. The van der Waals surface area contributed by atoms with Crippen molar-refractivity contribution in [2.45, 2.75) is 25.7 Å². The molecule has 1 aromatic carbocycles. The van der Waals surface area contributed by atoms with Crippen molar-refractivity contribution in [2.75, 3.05) is 0 Å². The van der Waals surface area contributed by atoms with Gasteiger partial charge in [0.25, 0.3) is 0 Å². The van der Waals surface area contributed by atoms with Crippen LogP contribution in [0.3, 0.4) is 0 Å². The smallest absolute Gasteiger partial charge is 0.167 e. The molecule has 0 amide bonds. The fourth-order valence-corrected chi connectivity index (χ4v) is 4.10. The first-order valence-electron chi connectivity index (χ1n) is 7.44. The van der Waals surface area contributed by atoms with E-state index in [0.29, 0.717) is 6.42 Å². The number of Topliss-reactive ketones (excluding diaryl/α,β-unsaturated/α-hetero) is 1. The van der Waals surface area contributed by atoms with Crippen molar-refractivity contribution in [1.29, 1.82) is 0 Å². The molecule has 0 N–H and O–H groups in total. The van der Waals surface area contributed by atoms with Gasteiger partial charge >= 0.3 is 0 Å². The van der Waals surface area contributed by atoms with Crippen molar-refractivity contribution < 1.29 is 4.79 Å². The number of ketones is 1. The van der Waals surface area contributed by atoms with E-state index in [-0.39, 0.29) is 11.7 Å². The van der Waals surface area contributed by atoms with E-state index in [4.69, 9.17) is 0 Å². The standard InChI is InChI=1S/C18H16N2OS/c1-12-18-15(20(19-12)14-6-3-2-4-7-14)10-13(11-16(18)21)17-8-5-9-22-17/h2-9,13H,10-11H2,1H3. The van der Waals surface area contributed by atoms with Crippen LogP contribution in [0, 0.1) is 6.92 Å². The molecule has 4 heteroatoms. The van der Waals surface area contributed by atoms with Crippen LogP contribution in [0.5, 0.6) is 0 Å². The number of hydrogen-bond acceptors (Lipinski definition) is 3. The van der Waals surface area contributed by atoms with Crippen LogP contribution in [0.15, 0.2) is 47.8 Å². The molecule has 0 radical (unpaired) electrons. The molecule has 1 aliphatic carbocycles. The van der Waals surface area contributed by atoms with E-state index in [1.807, 2.05) is 41.9 Å². The fraction of sp³-hybridized carbons (Fsp3) is 0.222. The van der Waals surface area contributed by atoms with Crippen molar-refractivity contribution in [3.05, 3.63) is 69.7 Å². The van der Waals surface area contributed by atoms with Gasteiger partial charge in [-0.15, -0.1) is 11.3 Å². The Kier molecular flexibility index (Phi) is 3.19. The van der Waals surface area contributed by atoms with Crippen molar-refractivity contribution in [1.82, 2.24) is 9.78 Å². The quantitative estimate of drug-likeness (QED) is 0.712. The number of aromatic nitrogens is 2. The minimum absolute atomic E-state index is 0.222. The monoisotopic (exact) mass is 308 g/mol. The largest absolute Gasteiger partial charge is 0.294 e. The molecule has 0 saturated carbocycles. The van der Waals surface area contributed by atoms with Gasteiger partial charge in [0.05, 0.1) is 22.6 Å². The van der Waals surface area contributed by atoms with Gasteiger partial charge in [0.2, 0.25) is 0 Å². The van der Waals surface area contributed by atoms with E-state index in [1.54, 1.807) is 11.3 Å². The van der Waals surface area contributed by atoms with Crippen molar-refractivity contribution in [3.8, 4) is 5.69 Å². The van der Waals surface area contributed by atoms with Crippen LogP contribution in [0.1, 0.15) is 39.0 Å². The zero-order valence-electron chi connectivity index (χ0n) is 12.3. The molecule has 0 fully saturated rings. The average Bonchev–Trinajstić information content (AvgIpc) is 3.16.